The van der Waals surface area contributed by atoms with Crippen molar-refractivity contribution < 1.29 is 9.53 Å². The van der Waals surface area contributed by atoms with E-state index in [1.165, 1.54) is 22.5 Å². The fourth-order valence-electron chi connectivity index (χ4n) is 5.89. The van der Waals surface area contributed by atoms with Crippen LogP contribution in [0.5, 0.6) is 5.75 Å². The third-order valence-electron chi connectivity index (χ3n) is 8.00. The second-order valence-electron chi connectivity index (χ2n) is 9.93. The Morgan fingerprint density at radius 2 is 2.00 bits per heavy atom. The average molecular weight is 507 g/mol. The number of carbonyl (C=O) groups is 1. The molecule has 3 aliphatic rings. The lowest BCUT2D eigenvalue weighted by molar-refractivity contribution is 0.0731. The minimum atomic E-state index is -0.216. The first-order chi connectivity index (χ1) is 17.4. The molecule has 3 aromatic rings. The molecule has 2 aliphatic heterocycles. The number of fused-ring (bicyclic) bond motifs is 2. The molecule has 11 heteroatoms. The van der Waals surface area contributed by atoms with Crippen molar-refractivity contribution in [3.8, 4) is 5.75 Å². The summed E-state index contributed by atoms with van der Waals surface area (Å²) in [5, 5.41) is 0.531. The van der Waals surface area contributed by atoms with Gasteiger partial charge in [-0.3, -0.25) is 4.79 Å². The van der Waals surface area contributed by atoms with E-state index in [1.54, 1.807) is 18.2 Å². The number of benzene rings is 1. The van der Waals surface area contributed by atoms with Crippen molar-refractivity contribution in [2.75, 3.05) is 43.1 Å². The maximum atomic E-state index is 13.1. The molecule has 0 radical (unpaired) electrons. The Morgan fingerprint density at radius 3 is 2.75 bits per heavy atom. The van der Waals surface area contributed by atoms with Crippen molar-refractivity contribution in [1.29, 1.82) is 0 Å². The number of methoxy groups -OCH3 is 1. The van der Waals surface area contributed by atoms with Crippen molar-refractivity contribution in [3.63, 3.8) is 0 Å². The van der Waals surface area contributed by atoms with Crippen LogP contribution in [0, 0.1) is 5.41 Å². The number of nitrogen functional groups attached to an aromatic ring is 2. The molecule has 0 bridgehead atoms. The van der Waals surface area contributed by atoms with Gasteiger partial charge in [0.2, 0.25) is 0 Å². The molecule has 0 unspecified atom stereocenters. The quantitative estimate of drug-likeness (QED) is 0.485. The molecule has 2 aromatic heterocycles. The molecule has 1 aromatic carbocycles. The number of piperidine rings is 1. The molecule has 1 spiro atoms. The standard InChI is InChI=1S/C25H30N8O2S/c1-35-15-3-2-14-11-25(21(26)16(14)10-15)5-8-32(9-6-25)19-12-29-20(22(27)31-19)23(34)33-7-4-17-18(13-33)36-24(28)30-17/h2-3,10,12,21H,4-9,11,13,26H2,1H3,(H2,27,31)(H2,28,30)/t21-/m1/s1. The molecule has 36 heavy (non-hydrogen) atoms. The first kappa shape index (κ1) is 23.0. The van der Waals surface area contributed by atoms with Gasteiger partial charge in [0.05, 0.1) is 25.5 Å². The minimum Gasteiger partial charge on any atom is -0.497 e. The zero-order chi connectivity index (χ0) is 25.0. The second kappa shape index (κ2) is 8.59. The van der Waals surface area contributed by atoms with Crippen LogP contribution in [-0.2, 0) is 19.4 Å². The minimum absolute atomic E-state index is 0.0140. The molecule has 1 aliphatic carbocycles. The van der Waals surface area contributed by atoms with E-state index in [9.17, 15) is 4.79 Å². The van der Waals surface area contributed by atoms with Gasteiger partial charge in [-0.15, -0.1) is 11.3 Å². The maximum absolute atomic E-state index is 13.1. The third-order valence-corrected chi connectivity index (χ3v) is 8.91. The number of amides is 1. The molecule has 188 valence electrons. The SMILES string of the molecule is COc1ccc2c(c1)[C@@H](N)C1(CCN(c3cnc(C(=O)N4CCc5nc(N)sc5C4)c(N)n3)CC1)C2. The molecule has 1 atom stereocenters. The Labute approximate surface area is 213 Å². The van der Waals surface area contributed by atoms with Crippen molar-refractivity contribution >= 4 is 34.0 Å². The lowest BCUT2D eigenvalue weighted by atomic mass is 9.73. The van der Waals surface area contributed by atoms with E-state index in [0.29, 0.717) is 30.5 Å². The van der Waals surface area contributed by atoms with Crippen molar-refractivity contribution in [2.24, 2.45) is 11.1 Å². The van der Waals surface area contributed by atoms with Crippen LogP contribution in [0.15, 0.2) is 24.4 Å². The van der Waals surface area contributed by atoms with Gasteiger partial charge in [-0.25, -0.2) is 15.0 Å². The van der Waals surface area contributed by atoms with Gasteiger partial charge >= 0.3 is 0 Å². The van der Waals surface area contributed by atoms with Crippen LogP contribution in [0.25, 0.3) is 0 Å². The highest BCUT2D eigenvalue weighted by Gasteiger charge is 2.46. The number of anilines is 3. The van der Waals surface area contributed by atoms with Gasteiger partial charge in [-0.2, -0.15) is 0 Å². The Kier molecular flexibility index (Phi) is 5.49. The molecule has 4 heterocycles. The lowest BCUT2D eigenvalue weighted by Crippen LogP contribution is -2.44. The highest BCUT2D eigenvalue weighted by molar-refractivity contribution is 7.15. The Hall–Kier alpha value is -3.44. The summed E-state index contributed by atoms with van der Waals surface area (Å²) in [5.74, 6) is 1.48. The lowest BCUT2D eigenvalue weighted by Gasteiger charge is -2.42. The molecule has 1 saturated heterocycles. The number of thiazole rings is 1. The predicted molar refractivity (Wildman–Crippen MR) is 139 cm³/mol. The van der Waals surface area contributed by atoms with Gasteiger partial charge in [0, 0.05) is 37.0 Å². The summed E-state index contributed by atoms with van der Waals surface area (Å²) < 4.78 is 5.41. The van der Waals surface area contributed by atoms with Crippen LogP contribution < -0.4 is 26.8 Å². The zero-order valence-corrected chi connectivity index (χ0v) is 21.1. The number of aromatic nitrogens is 3. The molecule has 1 fully saturated rings. The Bertz CT molecular complexity index is 1330. The van der Waals surface area contributed by atoms with E-state index >= 15 is 0 Å². The largest absolute Gasteiger partial charge is 0.497 e. The van der Waals surface area contributed by atoms with Crippen LogP contribution in [0.3, 0.4) is 0 Å². The number of rotatable bonds is 3. The predicted octanol–water partition coefficient (Wildman–Crippen LogP) is 2.15. The summed E-state index contributed by atoms with van der Waals surface area (Å²) in [6.45, 7) is 2.64. The summed E-state index contributed by atoms with van der Waals surface area (Å²) in [7, 11) is 1.68. The van der Waals surface area contributed by atoms with Gasteiger partial charge in [0.15, 0.2) is 16.6 Å². The highest BCUT2D eigenvalue weighted by Crippen LogP contribution is 2.51. The summed E-state index contributed by atoms with van der Waals surface area (Å²) in [4.78, 5) is 31.4. The maximum Gasteiger partial charge on any atom is 0.276 e. The van der Waals surface area contributed by atoms with Crippen molar-refractivity contribution in [3.05, 3.63) is 51.8 Å². The Morgan fingerprint density at radius 1 is 1.19 bits per heavy atom. The number of nitrogens with two attached hydrogens (primary N) is 3. The van der Waals surface area contributed by atoms with E-state index in [2.05, 4.69) is 32.0 Å². The number of nitrogens with zero attached hydrogens (tertiary/aromatic N) is 5. The van der Waals surface area contributed by atoms with E-state index in [4.69, 9.17) is 21.9 Å². The summed E-state index contributed by atoms with van der Waals surface area (Å²) in [5.41, 5.74) is 22.6. The summed E-state index contributed by atoms with van der Waals surface area (Å²) in [6, 6.07) is 6.22. The number of hydrogen-bond donors (Lipinski definition) is 3. The summed E-state index contributed by atoms with van der Waals surface area (Å²) in [6.07, 6.45) is 5.21. The zero-order valence-electron chi connectivity index (χ0n) is 20.2. The van der Waals surface area contributed by atoms with E-state index in [1.807, 2.05) is 6.07 Å². The summed E-state index contributed by atoms with van der Waals surface area (Å²) >= 11 is 1.42. The monoisotopic (exact) mass is 506 g/mol. The van der Waals surface area contributed by atoms with Gasteiger partial charge < -0.3 is 31.7 Å². The van der Waals surface area contributed by atoms with Crippen LogP contribution >= 0.6 is 11.3 Å². The first-order valence-electron chi connectivity index (χ1n) is 12.2. The second-order valence-corrected chi connectivity index (χ2v) is 11.0. The molecule has 10 nitrogen and oxygen atoms in total. The molecule has 6 rings (SSSR count). The number of carbonyl (C=O) groups excluding carboxylic acids is 1. The number of hydrogen-bond acceptors (Lipinski definition) is 10. The van der Waals surface area contributed by atoms with Gasteiger partial charge in [0.25, 0.3) is 5.91 Å². The molecule has 0 saturated carbocycles. The average Bonchev–Trinajstić information content (AvgIpc) is 3.39. The van der Waals surface area contributed by atoms with E-state index < -0.39 is 0 Å². The molecular weight excluding hydrogens is 476 g/mol. The van der Waals surface area contributed by atoms with Crippen LogP contribution in [0.2, 0.25) is 0 Å². The highest BCUT2D eigenvalue weighted by atomic mass is 32.1. The smallest absolute Gasteiger partial charge is 0.276 e. The van der Waals surface area contributed by atoms with Crippen molar-refractivity contribution in [1.82, 2.24) is 19.9 Å². The van der Waals surface area contributed by atoms with Gasteiger partial charge in [-0.05, 0) is 47.9 Å². The Balaban J connectivity index is 1.14. The van der Waals surface area contributed by atoms with Crippen LogP contribution in [-0.4, -0.2) is 52.5 Å². The van der Waals surface area contributed by atoms with E-state index in [0.717, 1.165) is 48.7 Å². The molecule has 6 N–H and O–H groups in total. The molecular formula is C25H30N8O2S. The van der Waals surface area contributed by atoms with Crippen molar-refractivity contribution in [2.45, 2.75) is 38.3 Å². The van der Waals surface area contributed by atoms with Crippen LogP contribution in [0.4, 0.5) is 16.8 Å². The third kappa shape index (κ3) is 3.73. The fraction of sp³-hybridized carbons (Fsp3) is 0.440. The topological polar surface area (TPSA) is 150 Å². The van der Waals surface area contributed by atoms with Gasteiger partial charge in [0.1, 0.15) is 11.6 Å². The van der Waals surface area contributed by atoms with Gasteiger partial charge in [-0.1, -0.05) is 6.07 Å². The molecule has 1 amide bonds. The fourth-order valence-corrected chi connectivity index (χ4v) is 6.78. The normalized spacial score (nSPS) is 20.3. The van der Waals surface area contributed by atoms with E-state index in [-0.39, 0.29) is 28.9 Å². The van der Waals surface area contributed by atoms with Crippen LogP contribution in [0.1, 0.15) is 51.1 Å². The first-order valence-corrected chi connectivity index (χ1v) is 13.0. The number of ether oxygens (including phenoxy) is 1.